The molecule has 1 amide bonds. The molecule has 1 aromatic rings. The number of rotatable bonds is 3. The van der Waals surface area contributed by atoms with Gasteiger partial charge in [0.05, 0.1) is 22.8 Å². The van der Waals surface area contributed by atoms with Gasteiger partial charge in [-0.25, -0.2) is 0 Å². The second-order valence-electron chi connectivity index (χ2n) is 4.91. The van der Waals surface area contributed by atoms with Crippen molar-refractivity contribution in [2.75, 3.05) is 20.2 Å². The molecule has 0 bridgehead atoms. The Kier molecular flexibility index (Phi) is 5.27. The van der Waals surface area contributed by atoms with Crippen LogP contribution in [-0.2, 0) is 16.1 Å². The molecule has 110 valence electrons. The van der Waals surface area contributed by atoms with E-state index >= 15 is 0 Å². The molecule has 2 rings (SSSR count). The largest absolute Gasteiger partial charge is 0.375 e. The molecule has 0 aromatic heterocycles. The summed E-state index contributed by atoms with van der Waals surface area (Å²) in [5, 5.41) is 4.18. The predicted octanol–water partition coefficient (Wildman–Crippen LogP) is 2.33. The summed E-state index contributed by atoms with van der Waals surface area (Å²) in [6.07, 6.45) is -0.131. The summed E-state index contributed by atoms with van der Waals surface area (Å²) in [5.74, 6) is -0.00626. The Morgan fingerprint density at radius 1 is 1.50 bits per heavy atom. The van der Waals surface area contributed by atoms with E-state index in [2.05, 4.69) is 5.32 Å². The number of nitrogens with zero attached hydrogens (tertiary/aromatic N) is 1. The number of hydrogen-bond donors (Lipinski definition) is 1. The van der Waals surface area contributed by atoms with Crippen LogP contribution in [0.3, 0.4) is 0 Å². The minimum absolute atomic E-state index is 0.00626. The minimum atomic E-state index is -0.313. The number of carbonyl (C=O) groups excluding carboxylic acids is 1. The number of likely N-dealkylation sites (N-methyl/N-ethyl adjacent to an activating group) is 1. The molecule has 2 atom stereocenters. The topological polar surface area (TPSA) is 41.6 Å². The predicted molar refractivity (Wildman–Crippen MR) is 80.1 cm³/mol. The third kappa shape index (κ3) is 3.44. The molecule has 1 N–H and O–H groups in total. The van der Waals surface area contributed by atoms with Crippen molar-refractivity contribution in [3.05, 3.63) is 33.8 Å². The van der Waals surface area contributed by atoms with Gasteiger partial charge >= 0.3 is 0 Å². The fraction of sp³-hybridized carbons (Fsp3) is 0.500. The van der Waals surface area contributed by atoms with E-state index in [1.165, 1.54) is 0 Å². The van der Waals surface area contributed by atoms with Crippen molar-refractivity contribution in [2.45, 2.75) is 25.6 Å². The number of hydrogen-bond acceptors (Lipinski definition) is 3. The molecule has 1 saturated heterocycles. The number of nitrogens with one attached hydrogen (secondary N) is 1. The highest BCUT2D eigenvalue weighted by Gasteiger charge is 2.30. The van der Waals surface area contributed by atoms with Gasteiger partial charge in [0, 0.05) is 20.1 Å². The van der Waals surface area contributed by atoms with Crippen LogP contribution in [0.5, 0.6) is 0 Å². The van der Waals surface area contributed by atoms with Gasteiger partial charge < -0.3 is 15.0 Å². The second kappa shape index (κ2) is 6.76. The average Bonchev–Trinajstić information content (AvgIpc) is 2.43. The zero-order valence-electron chi connectivity index (χ0n) is 11.5. The van der Waals surface area contributed by atoms with Crippen LogP contribution in [0.2, 0.25) is 10.0 Å². The fourth-order valence-electron chi connectivity index (χ4n) is 2.25. The zero-order chi connectivity index (χ0) is 14.7. The fourth-order valence-corrected chi connectivity index (χ4v) is 2.63. The van der Waals surface area contributed by atoms with Crippen molar-refractivity contribution in [3.63, 3.8) is 0 Å². The lowest BCUT2D eigenvalue weighted by atomic mass is 10.1. The van der Waals surface area contributed by atoms with E-state index in [1.807, 2.05) is 19.1 Å². The first-order valence-electron chi connectivity index (χ1n) is 6.53. The van der Waals surface area contributed by atoms with Crippen LogP contribution < -0.4 is 5.32 Å². The third-order valence-electron chi connectivity index (χ3n) is 3.40. The van der Waals surface area contributed by atoms with E-state index in [4.69, 9.17) is 27.9 Å². The molecular formula is C14H18Cl2N2O2. The first-order chi connectivity index (χ1) is 9.50. The molecule has 1 aromatic carbocycles. The Morgan fingerprint density at radius 2 is 2.25 bits per heavy atom. The van der Waals surface area contributed by atoms with Crippen LogP contribution in [0.15, 0.2) is 18.2 Å². The zero-order valence-corrected chi connectivity index (χ0v) is 13.0. The van der Waals surface area contributed by atoms with E-state index < -0.39 is 0 Å². The van der Waals surface area contributed by atoms with Crippen molar-refractivity contribution >= 4 is 29.1 Å². The van der Waals surface area contributed by atoms with Gasteiger partial charge in [0.25, 0.3) is 0 Å². The highest BCUT2D eigenvalue weighted by Crippen LogP contribution is 2.26. The third-order valence-corrected chi connectivity index (χ3v) is 4.26. The van der Waals surface area contributed by atoms with Crippen LogP contribution in [-0.4, -0.2) is 43.2 Å². The van der Waals surface area contributed by atoms with Gasteiger partial charge in [-0.1, -0.05) is 35.3 Å². The lowest BCUT2D eigenvalue weighted by molar-refractivity contribution is -0.138. The van der Waals surface area contributed by atoms with Crippen LogP contribution in [0.4, 0.5) is 0 Å². The summed E-state index contributed by atoms with van der Waals surface area (Å²) >= 11 is 12.1. The molecule has 0 radical (unpaired) electrons. The number of morpholine rings is 1. The van der Waals surface area contributed by atoms with Crippen LogP contribution >= 0.6 is 23.2 Å². The first kappa shape index (κ1) is 15.6. The SMILES string of the molecule is C[C@H]1OCCN[C@@H]1C(=O)N(C)Cc1cccc(Cl)c1Cl. The molecule has 20 heavy (non-hydrogen) atoms. The summed E-state index contributed by atoms with van der Waals surface area (Å²) in [6.45, 7) is 3.64. The maximum atomic E-state index is 12.4. The number of ether oxygens (including phenoxy) is 1. The number of halogens is 2. The number of carbonyl (C=O) groups is 1. The maximum absolute atomic E-state index is 12.4. The molecule has 1 aliphatic rings. The Balaban J connectivity index is 2.05. The summed E-state index contributed by atoms with van der Waals surface area (Å²) in [5.41, 5.74) is 0.833. The van der Waals surface area contributed by atoms with Gasteiger partial charge in [0.1, 0.15) is 6.04 Å². The first-order valence-corrected chi connectivity index (χ1v) is 7.29. The Labute approximate surface area is 129 Å². The standard InChI is InChI=1S/C14H18Cl2N2O2/c1-9-13(17-6-7-20-9)14(19)18(2)8-10-4-3-5-11(15)12(10)16/h3-5,9,13,17H,6-8H2,1-2H3/t9-,13+/m1/s1. The Morgan fingerprint density at radius 3 is 2.95 bits per heavy atom. The molecule has 0 spiro atoms. The number of amides is 1. The number of benzene rings is 1. The van der Waals surface area contributed by atoms with Crippen molar-refractivity contribution in [1.82, 2.24) is 10.2 Å². The maximum Gasteiger partial charge on any atom is 0.242 e. The highest BCUT2D eigenvalue weighted by atomic mass is 35.5. The van der Waals surface area contributed by atoms with Gasteiger partial charge in [-0.05, 0) is 18.6 Å². The van der Waals surface area contributed by atoms with Gasteiger partial charge in [0.15, 0.2) is 0 Å². The van der Waals surface area contributed by atoms with Crippen molar-refractivity contribution in [2.24, 2.45) is 0 Å². The quantitative estimate of drug-likeness (QED) is 0.930. The van der Waals surface area contributed by atoms with Gasteiger partial charge in [-0.15, -0.1) is 0 Å². The molecule has 6 heteroatoms. The van der Waals surface area contributed by atoms with E-state index in [0.29, 0.717) is 29.7 Å². The minimum Gasteiger partial charge on any atom is -0.375 e. The second-order valence-corrected chi connectivity index (χ2v) is 5.70. The molecule has 1 fully saturated rings. The molecular weight excluding hydrogens is 299 g/mol. The van der Waals surface area contributed by atoms with Gasteiger partial charge in [-0.2, -0.15) is 0 Å². The van der Waals surface area contributed by atoms with Crippen molar-refractivity contribution < 1.29 is 9.53 Å². The summed E-state index contributed by atoms with van der Waals surface area (Å²) in [7, 11) is 1.75. The summed E-state index contributed by atoms with van der Waals surface area (Å²) in [6, 6.07) is 5.11. The van der Waals surface area contributed by atoms with Crippen molar-refractivity contribution in [1.29, 1.82) is 0 Å². The van der Waals surface area contributed by atoms with Crippen LogP contribution in [0.1, 0.15) is 12.5 Å². The molecule has 0 unspecified atom stereocenters. The lowest BCUT2D eigenvalue weighted by Gasteiger charge is -2.32. The van der Waals surface area contributed by atoms with E-state index in [-0.39, 0.29) is 18.1 Å². The van der Waals surface area contributed by atoms with Crippen molar-refractivity contribution in [3.8, 4) is 0 Å². The Bertz CT molecular complexity index is 496. The van der Waals surface area contributed by atoms with Crippen LogP contribution in [0, 0.1) is 0 Å². The molecule has 4 nitrogen and oxygen atoms in total. The van der Waals surface area contributed by atoms with Gasteiger partial charge in [-0.3, -0.25) is 4.79 Å². The molecule has 1 aliphatic heterocycles. The van der Waals surface area contributed by atoms with Crippen LogP contribution in [0.25, 0.3) is 0 Å². The van der Waals surface area contributed by atoms with Gasteiger partial charge in [0.2, 0.25) is 5.91 Å². The molecule has 0 saturated carbocycles. The normalized spacial score (nSPS) is 22.6. The smallest absolute Gasteiger partial charge is 0.242 e. The monoisotopic (exact) mass is 316 g/mol. The highest BCUT2D eigenvalue weighted by molar-refractivity contribution is 6.42. The average molecular weight is 317 g/mol. The molecule has 1 heterocycles. The summed E-state index contributed by atoms with van der Waals surface area (Å²) in [4.78, 5) is 14.1. The molecule has 0 aliphatic carbocycles. The van der Waals surface area contributed by atoms with E-state index in [0.717, 1.165) is 5.56 Å². The lowest BCUT2D eigenvalue weighted by Crippen LogP contribution is -2.55. The Hall–Kier alpha value is -0.810. The summed E-state index contributed by atoms with van der Waals surface area (Å²) < 4.78 is 5.50. The van der Waals surface area contributed by atoms with E-state index in [1.54, 1.807) is 18.0 Å². The van der Waals surface area contributed by atoms with E-state index in [9.17, 15) is 4.79 Å².